The molecule has 1 aromatic carbocycles. The van der Waals surface area contributed by atoms with Crippen LogP contribution in [0.3, 0.4) is 0 Å². The molecule has 1 aliphatic rings. The Morgan fingerprint density at radius 1 is 1.36 bits per heavy atom. The summed E-state index contributed by atoms with van der Waals surface area (Å²) < 4.78 is 0.540. The predicted octanol–water partition coefficient (Wildman–Crippen LogP) is 2.04. The maximum absolute atomic E-state index is 12.0. The Kier molecular flexibility index (Phi) is 6.30. The minimum absolute atomic E-state index is 0.122. The first-order valence-corrected chi connectivity index (χ1v) is 7.35. The highest BCUT2D eigenvalue weighted by Gasteiger charge is 2.30. The number of hydrogen-bond donors (Lipinski definition) is 2. The van der Waals surface area contributed by atoms with Crippen molar-refractivity contribution in [2.24, 2.45) is 0 Å². The van der Waals surface area contributed by atoms with Crippen molar-refractivity contribution in [1.82, 2.24) is 4.90 Å². The van der Waals surface area contributed by atoms with Gasteiger partial charge in [0.25, 0.3) is 5.91 Å². The second kappa shape index (κ2) is 7.74. The van der Waals surface area contributed by atoms with Crippen LogP contribution in [0, 0.1) is 6.92 Å². The number of phenolic OH excluding ortho intramolecular Hbond substituents is 2. The van der Waals surface area contributed by atoms with Crippen molar-refractivity contribution in [3.8, 4) is 11.5 Å². The van der Waals surface area contributed by atoms with Crippen LogP contribution < -0.4 is 0 Å². The monoisotopic (exact) mass is 339 g/mol. The zero-order valence-electron chi connectivity index (χ0n) is 11.8. The molecule has 8 heteroatoms. The van der Waals surface area contributed by atoms with Gasteiger partial charge in [-0.25, -0.2) is 0 Å². The number of thioether (sulfide) groups is 1. The van der Waals surface area contributed by atoms with Gasteiger partial charge < -0.3 is 10.2 Å². The molecule has 116 valence electrons. The van der Waals surface area contributed by atoms with Crippen molar-refractivity contribution in [2.45, 2.75) is 13.8 Å². The van der Waals surface area contributed by atoms with Crippen LogP contribution >= 0.6 is 24.0 Å². The Morgan fingerprint density at radius 3 is 2.41 bits per heavy atom. The number of carbonyl (C=O) groups excluding carboxylic acids is 3. The molecule has 0 radical (unpaired) electrons. The van der Waals surface area contributed by atoms with Gasteiger partial charge in [-0.15, -0.1) is 0 Å². The molecule has 1 aliphatic heterocycles. The fourth-order valence-corrected chi connectivity index (χ4v) is 3.18. The van der Waals surface area contributed by atoms with Crippen molar-refractivity contribution in [1.29, 1.82) is 0 Å². The van der Waals surface area contributed by atoms with Crippen molar-refractivity contribution < 1.29 is 24.6 Å². The molecule has 1 aromatic rings. The first-order valence-electron chi connectivity index (χ1n) is 6.12. The van der Waals surface area contributed by atoms with Gasteiger partial charge in [0.1, 0.15) is 4.32 Å². The van der Waals surface area contributed by atoms with Gasteiger partial charge in [0.2, 0.25) is 0 Å². The molecule has 2 rings (SSSR count). The van der Waals surface area contributed by atoms with Crippen LogP contribution in [0.15, 0.2) is 17.0 Å². The number of phenols is 2. The Hall–Kier alpha value is -2.15. The summed E-state index contributed by atoms with van der Waals surface area (Å²) in [4.78, 5) is 30.3. The normalized spacial score (nSPS) is 15.5. The highest BCUT2D eigenvalue weighted by molar-refractivity contribution is 8.26. The number of aryl methyl sites for hydroxylation is 1. The summed E-state index contributed by atoms with van der Waals surface area (Å²) in [7, 11) is 0. The van der Waals surface area contributed by atoms with E-state index in [1.165, 1.54) is 22.7 Å². The zero-order valence-corrected chi connectivity index (χ0v) is 13.5. The zero-order chi connectivity index (χ0) is 16.9. The lowest BCUT2D eigenvalue weighted by Gasteiger charge is -2.09. The number of rotatable bonds is 2. The van der Waals surface area contributed by atoms with Gasteiger partial charge >= 0.3 is 6.15 Å². The summed E-state index contributed by atoms with van der Waals surface area (Å²) in [5.74, 6) is -0.460. The fourth-order valence-electron chi connectivity index (χ4n) is 1.80. The molecule has 1 fully saturated rings. The molecule has 0 spiro atoms. The summed E-state index contributed by atoms with van der Waals surface area (Å²) >= 11 is 6.36. The molecular formula is C14H13NO5S2. The van der Waals surface area contributed by atoms with Crippen LogP contribution in [-0.2, 0) is 14.4 Å². The number of nitrogens with zero attached hydrogens (tertiary/aromatic N) is 1. The first-order chi connectivity index (χ1) is 10.3. The minimum Gasteiger partial charge on any atom is -0.504 e. The highest BCUT2D eigenvalue weighted by atomic mass is 32.2. The van der Waals surface area contributed by atoms with Gasteiger partial charge in [0, 0.05) is 6.54 Å². The number of aromatic hydroxyl groups is 2. The number of benzene rings is 1. The average Bonchev–Trinajstić information content (AvgIpc) is 2.71. The molecule has 0 saturated carbocycles. The van der Waals surface area contributed by atoms with E-state index in [0.717, 1.165) is 0 Å². The molecule has 22 heavy (non-hydrogen) atoms. The van der Waals surface area contributed by atoms with E-state index in [0.29, 0.717) is 26.9 Å². The molecule has 1 heterocycles. The third-order valence-electron chi connectivity index (χ3n) is 2.79. The molecule has 0 atom stereocenters. The second-order valence-electron chi connectivity index (χ2n) is 4.21. The maximum Gasteiger partial charge on any atom is 0.373 e. The molecule has 0 aliphatic carbocycles. The van der Waals surface area contributed by atoms with Crippen molar-refractivity contribution >= 4 is 46.4 Å². The van der Waals surface area contributed by atoms with Crippen molar-refractivity contribution in [2.75, 3.05) is 6.54 Å². The van der Waals surface area contributed by atoms with Gasteiger partial charge in [-0.05, 0) is 43.2 Å². The number of carbonyl (C=O) groups is 1. The van der Waals surface area contributed by atoms with E-state index in [1.807, 2.05) is 6.92 Å². The van der Waals surface area contributed by atoms with Crippen molar-refractivity contribution in [3.05, 3.63) is 28.2 Å². The summed E-state index contributed by atoms with van der Waals surface area (Å²) in [6.45, 7) is 4.09. The summed E-state index contributed by atoms with van der Waals surface area (Å²) in [6, 6.07) is 3.12. The van der Waals surface area contributed by atoms with Crippen LogP contribution in [0.1, 0.15) is 18.1 Å². The van der Waals surface area contributed by atoms with Gasteiger partial charge in [-0.2, -0.15) is 9.59 Å². The first kappa shape index (κ1) is 17.9. The van der Waals surface area contributed by atoms with E-state index in [2.05, 4.69) is 0 Å². The summed E-state index contributed by atoms with van der Waals surface area (Å²) in [6.07, 6.45) is 1.92. The maximum atomic E-state index is 12.0. The predicted molar refractivity (Wildman–Crippen MR) is 85.1 cm³/mol. The van der Waals surface area contributed by atoms with Crippen LogP contribution in [0.25, 0.3) is 6.08 Å². The Bertz CT molecular complexity index is 655. The summed E-state index contributed by atoms with van der Waals surface area (Å²) in [5.41, 5.74) is 1.21. The fraction of sp³-hybridized carbons (Fsp3) is 0.214. The SMILES string of the molecule is CCN1C(=O)/C(=C/c2cc(C)c(O)c(O)c2)SC1=S.O=C=O. The van der Waals surface area contributed by atoms with E-state index in [9.17, 15) is 15.0 Å². The quantitative estimate of drug-likeness (QED) is 0.484. The van der Waals surface area contributed by atoms with E-state index in [4.69, 9.17) is 21.8 Å². The molecule has 2 N–H and O–H groups in total. The van der Waals surface area contributed by atoms with Gasteiger partial charge in [-0.3, -0.25) is 9.69 Å². The molecule has 1 saturated heterocycles. The molecule has 0 bridgehead atoms. The Labute approximate surface area is 136 Å². The average molecular weight is 339 g/mol. The lowest BCUT2D eigenvalue weighted by molar-refractivity contribution is -0.191. The van der Waals surface area contributed by atoms with Crippen molar-refractivity contribution in [3.63, 3.8) is 0 Å². The topological polar surface area (TPSA) is 94.9 Å². The third kappa shape index (κ3) is 3.94. The van der Waals surface area contributed by atoms with Gasteiger partial charge in [0.05, 0.1) is 4.91 Å². The van der Waals surface area contributed by atoms with Crippen LogP contribution in [0.2, 0.25) is 0 Å². The lowest BCUT2D eigenvalue weighted by Crippen LogP contribution is -2.27. The second-order valence-corrected chi connectivity index (χ2v) is 5.89. The van der Waals surface area contributed by atoms with Crippen LogP contribution in [0.4, 0.5) is 0 Å². The highest BCUT2D eigenvalue weighted by Crippen LogP contribution is 2.35. The summed E-state index contributed by atoms with van der Waals surface area (Å²) in [5, 5.41) is 19.1. The number of thiocarbonyl (C=S) groups is 1. The number of amides is 1. The van der Waals surface area contributed by atoms with E-state index in [1.54, 1.807) is 19.1 Å². The van der Waals surface area contributed by atoms with E-state index >= 15 is 0 Å². The van der Waals surface area contributed by atoms with Crippen LogP contribution in [-0.4, -0.2) is 38.0 Å². The Balaban J connectivity index is 0.000000745. The minimum atomic E-state index is -0.197. The van der Waals surface area contributed by atoms with Crippen LogP contribution in [0.5, 0.6) is 11.5 Å². The standard InChI is InChI=1S/C13H13NO3S2.CO2/c1-3-14-12(17)10(19-13(14)18)6-8-4-7(2)11(16)9(15)5-8;2-1-3/h4-6,15-16H,3H2,1-2H3;/b10-6-;. The largest absolute Gasteiger partial charge is 0.504 e. The molecule has 0 unspecified atom stereocenters. The Morgan fingerprint density at radius 2 is 1.95 bits per heavy atom. The number of hydrogen-bond acceptors (Lipinski definition) is 7. The lowest BCUT2D eigenvalue weighted by atomic mass is 10.1. The number of likely N-dealkylation sites (N-methyl/N-ethyl adjacent to an activating group) is 1. The third-order valence-corrected chi connectivity index (χ3v) is 4.17. The molecule has 0 aromatic heterocycles. The molecule has 1 amide bonds. The molecule has 6 nitrogen and oxygen atoms in total. The van der Waals surface area contributed by atoms with Gasteiger partial charge in [-0.1, -0.05) is 24.0 Å². The van der Waals surface area contributed by atoms with E-state index < -0.39 is 0 Å². The smallest absolute Gasteiger partial charge is 0.373 e. The molecular weight excluding hydrogens is 326 g/mol. The van der Waals surface area contributed by atoms with E-state index in [-0.39, 0.29) is 23.6 Å². The van der Waals surface area contributed by atoms with Gasteiger partial charge in [0.15, 0.2) is 11.5 Å².